The van der Waals surface area contributed by atoms with Gasteiger partial charge in [0.1, 0.15) is 11.6 Å². The van der Waals surface area contributed by atoms with Gasteiger partial charge in [-0.25, -0.2) is 9.78 Å². The molecule has 3 rings (SSSR count). The molecule has 0 unspecified atom stereocenters. The fourth-order valence-corrected chi connectivity index (χ4v) is 3.49. The van der Waals surface area contributed by atoms with E-state index in [0.29, 0.717) is 22.5 Å². The number of ether oxygens (including phenoxy) is 2. The van der Waals surface area contributed by atoms with Crippen LogP contribution >= 0.6 is 38.5 Å². The second-order valence-electron chi connectivity index (χ2n) is 5.74. The summed E-state index contributed by atoms with van der Waals surface area (Å²) in [4.78, 5) is 28.4. The summed E-state index contributed by atoms with van der Waals surface area (Å²) in [6, 6.07) is 10.7. The maximum Gasteiger partial charge on any atom is 0.343 e. The predicted molar refractivity (Wildman–Crippen MR) is 118 cm³/mol. The Morgan fingerprint density at radius 2 is 2.11 bits per heavy atom. The number of carbonyl (C=O) groups excluding carboxylic acids is 1. The van der Waals surface area contributed by atoms with Crippen LogP contribution in [0.2, 0.25) is 0 Å². The summed E-state index contributed by atoms with van der Waals surface area (Å²) in [5.74, 6) is 0.601. The molecule has 0 fully saturated rings. The molecule has 0 N–H and O–H groups in total. The highest BCUT2D eigenvalue weighted by Crippen LogP contribution is 2.21. The van der Waals surface area contributed by atoms with Crippen LogP contribution in [0.25, 0.3) is 10.9 Å². The molecule has 0 aliphatic rings. The van der Waals surface area contributed by atoms with E-state index in [0.717, 1.165) is 13.6 Å². The van der Waals surface area contributed by atoms with Crippen molar-refractivity contribution in [3.05, 3.63) is 66.2 Å². The fraction of sp³-hybridized carbons (Fsp3) is 0.158. The highest BCUT2D eigenvalue weighted by atomic mass is 127. The largest absolute Gasteiger partial charge is 0.481 e. The molecular weight excluding hydrogens is 541 g/mol. The first-order chi connectivity index (χ1) is 13.4. The van der Waals surface area contributed by atoms with Crippen molar-refractivity contribution in [1.29, 1.82) is 0 Å². The zero-order chi connectivity index (χ0) is 20.3. The van der Waals surface area contributed by atoms with E-state index < -0.39 is 5.97 Å². The number of hydrogen-bond acceptors (Lipinski definition) is 6. The van der Waals surface area contributed by atoms with Gasteiger partial charge in [0, 0.05) is 4.47 Å². The SMILES string of the molecule is COC(=O)COc1ccc(C=Nn2c(C)nc3ccc(Br)cc3c2=O)cc1I. The highest BCUT2D eigenvalue weighted by Gasteiger charge is 2.09. The van der Waals surface area contributed by atoms with E-state index in [9.17, 15) is 9.59 Å². The third kappa shape index (κ3) is 4.58. The lowest BCUT2D eigenvalue weighted by atomic mass is 10.2. The van der Waals surface area contributed by atoms with E-state index in [1.54, 1.807) is 37.4 Å². The number of hydrogen-bond donors (Lipinski definition) is 0. The van der Waals surface area contributed by atoms with Crippen molar-refractivity contribution in [1.82, 2.24) is 9.66 Å². The molecular formula is C19H15BrIN3O4. The van der Waals surface area contributed by atoms with Crippen molar-refractivity contribution >= 4 is 61.6 Å². The van der Waals surface area contributed by atoms with Crippen LogP contribution in [-0.2, 0) is 9.53 Å². The smallest absolute Gasteiger partial charge is 0.343 e. The minimum atomic E-state index is -0.452. The van der Waals surface area contributed by atoms with Crippen LogP contribution in [-0.4, -0.2) is 35.6 Å². The lowest BCUT2D eigenvalue weighted by Gasteiger charge is -2.08. The Bertz CT molecular complexity index is 1140. The van der Waals surface area contributed by atoms with Gasteiger partial charge in [0.2, 0.25) is 0 Å². The average molecular weight is 556 g/mol. The van der Waals surface area contributed by atoms with Crippen molar-refractivity contribution in [3.63, 3.8) is 0 Å². The van der Waals surface area contributed by atoms with Gasteiger partial charge in [-0.1, -0.05) is 15.9 Å². The van der Waals surface area contributed by atoms with Gasteiger partial charge in [-0.05, 0) is 71.5 Å². The topological polar surface area (TPSA) is 82.8 Å². The lowest BCUT2D eigenvalue weighted by Crippen LogP contribution is -2.20. The van der Waals surface area contributed by atoms with E-state index in [-0.39, 0.29) is 12.2 Å². The van der Waals surface area contributed by atoms with Crippen molar-refractivity contribution in [2.24, 2.45) is 5.10 Å². The summed E-state index contributed by atoms with van der Waals surface area (Å²) in [7, 11) is 1.31. The molecule has 0 saturated heterocycles. The molecule has 7 nitrogen and oxygen atoms in total. The molecule has 0 spiro atoms. The molecule has 0 atom stereocenters. The molecule has 0 bridgehead atoms. The highest BCUT2D eigenvalue weighted by molar-refractivity contribution is 14.1. The quantitative estimate of drug-likeness (QED) is 0.273. The number of nitrogens with zero attached hydrogens (tertiary/aromatic N) is 3. The molecule has 28 heavy (non-hydrogen) atoms. The van der Waals surface area contributed by atoms with Gasteiger partial charge in [0.05, 0.1) is 27.8 Å². The van der Waals surface area contributed by atoms with Crippen LogP contribution in [0.3, 0.4) is 0 Å². The number of carbonyl (C=O) groups is 1. The Morgan fingerprint density at radius 1 is 1.32 bits per heavy atom. The van der Waals surface area contributed by atoms with Crippen molar-refractivity contribution in [2.45, 2.75) is 6.92 Å². The Morgan fingerprint density at radius 3 is 2.82 bits per heavy atom. The molecule has 0 aliphatic heterocycles. The molecule has 9 heteroatoms. The third-order valence-electron chi connectivity index (χ3n) is 3.82. The first kappa shape index (κ1) is 20.5. The fourth-order valence-electron chi connectivity index (χ4n) is 2.43. The molecule has 0 amide bonds. The van der Waals surface area contributed by atoms with Gasteiger partial charge < -0.3 is 9.47 Å². The summed E-state index contributed by atoms with van der Waals surface area (Å²) in [6.45, 7) is 1.57. The van der Waals surface area contributed by atoms with Gasteiger partial charge in [-0.2, -0.15) is 9.78 Å². The number of benzene rings is 2. The monoisotopic (exact) mass is 555 g/mol. The van der Waals surface area contributed by atoms with E-state index in [2.05, 4.69) is 53.3 Å². The van der Waals surface area contributed by atoms with Crippen LogP contribution in [0.15, 0.2) is 50.8 Å². The number of methoxy groups -OCH3 is 1. The first-order valence-corrected chi connectivity index (χ1v) is 9.98. The second-order valence-corrected chi connectivity index (χ2v) is 7.81. The number of aromatic nitrogens is 2. The normalized spacial score (nSPS) is 11.1. The van der Waals surface area contributed by atoms with Crippen LogP contribution in [0.4, 0.5) is 0 Å². The third-order valence-corrected chi connectivity index (χ3v) is 5.16. The van der Waals surface area contributed by atoms with Crippen molar-refractivity contribution < 1.29 is 14.3 Å². The summed E-state index contributed by atoms with van der Waals surface area (Å²) < 4.78 is 12.8. The number of fused-ring (bicyclic) bond motifs is 1. The molecule has 3 aromatic rings. The van der Waals surface area contributed by atoms with Crippen molar-refractivity contribution in [3.8, 4) is 5.75 Å². The predicted octanol–water partition coefficient (Wildman–Crippen LogP) is 3.51. The van der Waals surface area contributed by atoms with Crippen LogP contribution < -0.4 is 10.3 Å². The standard InChI is InChI=1S/C19H15BrIN3O4/c1-11-23-16-5-4-13(20)8-14(16)19(26)24(11)22-9-12-3-6-17(15(21)7-12)28-10-18(25)27-2/h3-9H,10H2,1-2H3. The van der Waals surface area contributed by atoms with E-state index >= 15 is 0 Å². The van der Waals surface area contributed by atoms with Crippen molar-refractivity contribution in [2.75, 3.05) is 13.7 Å². The summed E-state index contributed by atoms with van der Waals surface area (Å²) in [5.41, 5.74) is 1.15. The van der Waals surface area contributed by atoms with Gasteiger partial charge >= 0.3 is 5.97 Å². The van der Waals surface area contributed by atoms with E-state index in [4.69, 9.17) is 4.74 Å². The minimum Gasteiger partial charge on any atom is -0.481 e. The first-order valence-electron chi connectivity index (χ1n) is 8.11. The molecule has 2 aromatic carbocycles. The van der Waals surface area contributed by atoms with Gasteiger partial charge in [-0.15, -0.1) is 0 Å². The molecule has 0 radical (unpaired) electrons. The zero-order valence-electron chi connectivity index (χ0n) is 15.0. The molecule has 0 saturated carbocycles. The Kier molecular flexibility index (Phi) is 6.45. The average Bonchev–Trinajstić information content (AvgIpc) is 2.67. The van der Waals surface area contributed by atoms with Crippen LogP contribution in [0.1, 0.15) is 11.4 Å². The molecule has 1 aromatic heterocycles. The van der Waals surface area contributed by atoms with E-state index in [1.165, 1.54) is 11.8 Å². The van der Waals surface area contributed by atoms with Gasteiger partial charge in [0.25, 0.3) is 5.56 Å². The summed E-state index contributed by atoms with van der Waals surface area (Å²) in [5, 5.41) is 4.78. The maximum atomic E-state index is 12.7. The Labute approximate surface area is 182 Å². The van der Waals surface area contributed by atoms with Crippen LogP contribution in [0.5, 0.6) is 5.75 Å². The van der Waals surface area contributed by atoms with Crippen LogP contribution in [0, 0.1) is 10.5 Å². The Balaban J connectivity index is 1.89. The molecule has 144 valence electrons. The zero-order valence-corrected chi connectivity index (χ0v) is 18.7. The van der Waals surface area contributed by atoms with Gasteiger partial charge in [0.15, 0.2) is 6.61 Å². The van der Waals surface area contributed by atoms with E-state index in [1.807, 2.05) is 12.1 Å². The number of halogens is 2. The summed E-state index contributed by atoms with van der Waals surface area (Å²) >= 11 is 5.47. The lowest BCUT2D eigenvalue weighted by molar-refractivity contribution is -0.142. The number of esters is 1. The summed E-state index contributed by atoms with van der Waals surface area (Å²) in [6.07, 6.45) is 1.58. The molecule has 1 heterocycles. The van der Waals surface area contributed by atoms with Gasteiger partial charge in [-0.3, -0.25) is 4.79 Å². The Hall–Kier alpha value is -2.27. The second kappa shape index (κ2) is 8.82. The molecule has 0 aliphatic carbocycles. The number of aryl methyl sites for hydroxylation is 1. The number of rotatable bonds is 5. The minimum absolute atomic E-state index is 0.160. The maximum absolute atomic E-state index is 12.7.